The van der Waals surface area contributed by atoms with Gasteiger partial charge in [-0.15, -0.1) is 0 Å². The molecule has 1 aromatic heterocycles. The maximum atomic E-state index is 13.3. The van der Waals surface area contributed by atoms with Crippen molar-refractivity contribution in [1.82, 2.24) is 9.88 Å². The van der Waals surface area contributed by atoms with Crippen LogP contribution in [-0.4, -0.2) is 55.9 Å². The lowest BCUT2D eigenvalue weighted by atomic mass is 9.99. The minimum atomic E-state index is -0.355. The Balaban J connectivity index is 1.76. The molecule has 2 aromatic carbocycles. The monoisotopic (exact) mass is 448 g/mol. The van der Waals surface area contributed by atoms with Crippen molar-refractivity contribution >= 4 is 16.8 Å². The van der Waals surface area contributed by atoms with Crippen LogP contribution >= 0.6 is 0 Å². The van der Waals surface area contributed by atoms with Gasteiger partial charge in [-0.2, -0.15) is 0 Å². The van der Waals surface area contributed by atoms with Crippen LogP contribution in [0.4, 0.5) is 0 Å². The van der Waals surface area contributed by atoms with E-state index in [0.29, 0.717) is 26.3 Å². The van der Waals surface area contributed by atoms with E-state index in [-0.39, 0.29) is 12.0 Å². The number of methoxy groups -OCH3 is 2. The van der Waals surface area contributed by atoms with Gasteiger partial charge in [0.1, 0.15) is 11.9 Å². The average Bonchev–Trinajstić information content (AvgIpc) is 3.38. The Bertz CT molecular complexity index is 1110. The summed E-state index contributed by atoms with van der Waals surface area (Å²) in [6.45, 7) is 4.43. The topological polar surface area (TPSA) is 60.9 Å². The van der Waals surface area contributed by atoms with Crippen LogP contribution in [0.15, 0.2) is 48.5 Å². The first-order chi connectivity index (χ1) is 16.1. The number of carbonyl (C=O) groups excluding carboxylic acids is 1. The zero-order valence-electron chi connectivity index (χ0n) is 19.7. The molecule has 0 saturated carbocycles. The smallest absolute Gasteiger partial charge is 0.252 e. The van der Waals surface area contributed by atoms with E-state index in [4.69, 9.17) is 19.2 Å². The molecule has 0 N–H and O–H groups in total. The van der Waals surface area contributed by atoms with Crippen LogP contribution in [-0.2, 0) is 20.8 Å². The van der Waals surface area contributed by atoms with Crippen LogP contribution in [0.25, 0.3) is 22.2 Å². The average molecular weight is 449 g/mol. The molecule has 4 rings (SSSR count). The summed E-state index contributed by atoms with van der Waals surface area (Å²) >= 11 is 0. The SMILES string of the molecule is COCCCN(Cc1cc2ccc(OC)cc2nc1-c1ccccc1C)C(=O)[C@H]1CCCO1. The Morgan fingerprint density at radius 1 is 1.18 bits per heavy atom. The highest BCUT2D eigenvalue weighted by atomic mass is 16.5. The summed E-state index contributed by atoms with van der Waals surface area (Å²) < 4.78 is 16.4. The first kappa shape index (κ1) is 23.2. The van der Waals surface area contributed by atoms with Crippen molar-refractivity contribution in [1.29, 1.82) is 0 Å². The Morgan fingerprint density at radius 3 is 2.76 bits per heavy atom. The Morgan fingerprint density at radius 2 is 2.03 bits per heavy atom. The highest BCUT2D eigenvalue weighted by Gasteiger charge is 2.29. The lowest BCUT2D eigenvalue weighted by Gasteiger charge is -2.26. The molecule has 0 aliphatic carbocycles. The van der Waals surface area contributed by atoms with Crippen molar-refractivity contribution in [2.45, 2.75) is 38.8 Å². The van der Waals surface area contributed by atoms with E-state index in [1.807, 2.05) is 35.2 Å². The van der Waals surface area contributed by atoms with Crippen molar-refractivity contribution in [3.63, 3.8) is 0 Å². The summed E-state index contributed by atoms with van der Waals surface area (Å²) in [6.07, 6.45) is 2.12. The van der Waals surface area contributed by atoms with Gasteiger partial charge >= 0.3 is 0 Å². The van der Waals surface area contributed by atoms with Crippen LogP contribution in [0, 0.1) is 6.92 Å². The van der Waals surface area contributed by atoms with E-state index in [9.17, 15) is 4.79 Å². The van der Waals surface area contributed by atoms with Crippen molar-refractivity contribution in [3.8, 4) is 17.0 Å². The first-order valence-corrected chi connectivity index (χ1v) is 11.5. The zero-order chi connectivity index (χ0) is 23.2. The standard InChI is InChI=1S/C27H32N2O4/c1-19-8-4-5-9-23(19)26-21(16-20-11-12-22(32-3)17-24(20)28-26)18-29(13-7-14-31-2)27(30)25-10-6-15-33-25/h4-5,8-9,11-12,16-17,25H,6-7,10,13-15,18H2,1-3H3/t25-/m1/s1. The van der Waals surface area contributed by atoms with Crippen LogP contribution in [0.3, 0.4) is 0 Å². The quantitative estimate of drug-likeness (QED) is 0.442. The Hall–Kier alpha value is -2.96. The van der Waals surface area contributed by atoms with Gasteiger partial charge in [-0.3, -0.25) is 4.79 Å². The lowest BCUT2D eigenvalue weighted by Crippen LogP contribution is -2.39. The highest BCUT2D eigenvalue weighted by molar-refractivity contribution is 5.86. The van der Waals surface area contributed by atoms with Crippen molar-refractivity contribution < 1.29 is 19.0 Å². The van der Waals surface area contributed by atoms with Gasteiger partial charge in [-0.1, -0.05) is 24.3 Å². The molecule has 1 aliphatic heterocycles. The normalized spacial score (nSPS) is 15.7. The third kappa shape index (κ3) is 5.34. The van der Waals surface area contributed by atoms with Crippen molar-refractivity contribution in [2.24, 2.45) is 0 Å². The van der Waals surface area contributed by atoms with Crippen LogP contribution < -0.4 is 4.74 Å². The van der Waals surface area contributed by atoms with Crippen molar-refractivity contribution in [3.05, 3.63) is 59.7 Å². The Kier molecular flexibility index (Phi) is 7.57. The number of ether oxygens (including phenoxy) is 3. The van der Waals surface area contributed by atoms with Gasteiger partial charge in [0, 0.05) is 50.4 Å². The van der Waals surface area contributed by atoms with Gasteiger partial charge in [0.2, 0.25) is 0 Å². The van der Waals surface area contributed by atoms with Crippen LogP contribution in [0.1, 0.15) is 30.4 Å². The molecular formula is C27H32N2O4. The second-order valence-corrected chi connectivity index (χ2v) is 8.48. The molecule has 0 spiro atoms. The van der Waals surface area contributed by atoms with Gasteiger partial charge in [0.05, 0.1) is 18.3 Å². The largest absolute Gasteiger partial charge is 0.497 e. The fourth-order valence-corrected chi connectivity index (χ4v) is 4.36. The zero-order valence-corrected chi connectivity index (χ0v) is 19.7. The van der Waals surface area contributed by atoms with Crippen LogP contribution in [0.2, 0.25) is 0 Å². The van der Waals surface area contributed by atoms with Crippen molar-refractivity contribution in [2.75, 3.05) is 34.0 Å². The molecule has 0 bridgehead atoms. The summed E-state index contributed by atoms with van der Waals surface area (Å²) in [5, 5.41) is 1.02. The second kappa shape index (κ2) is 10.8. The molecule has 1 amide bonds. The molecule has 2 heterocycles. The predicted octanol–water partition coefficient (Wildman–Crippen LogP) is 4.76. The number of aryl methyl sites for hydroxylation is 1. The Labute approximate surface area is 195 Å². The first-order valence-electron chi connectivity index (χ1n) is 11.5. The third-order valence-electron chi connectivity index (χ3n) is 6.16. The summed E-state index contributed by atoms with van der Waals surface area (Å²) in [5.74, 6) is 0.822. The van der Waals surface area contributed by atoms with E-state index < -0.39 is 0 Å². The maximum Gasteiger partial charge on any atom is 0.252 e. The van der Waals surface area contributed by atoms with Gasteiger partial charge in [0.25, 0.3) is 5.91 Å². The molecule has 174 valence electrons. The van der Waals surface area contributed by atoms with Gasteiger partial charge in [-0.05, 0) is 55.5 Å². The predicted molar refractivity (Wildman–Crippen MR) is 129 cm³/mol. The maximum absolute atomic E-state index is 13.3. The number of pyridine rings is 1. The molecule has 6 heteroatoms. The van der Waals surface area contributed by atoms with Gasteiger partial charge in [-0.25, -0.2) is 4.98 Å². The summed E-state index contributed by atoms with van der Waals surface area (Å²) in [4.78, 5) is 20.3. The van der Waals surface area contributed by atoms with Crippen LogP contribution in [0.5, 0.6) is 5.75 Å². The molecule has 6 nitrogen and oxygen atoms in total. The number of aromatic nitrogens is 1. The van der Waals surface area contributed by atoms with E-state index in [0.717, 1.165) is 58.3 Å². The second-order valence-electron chi connectivity index (χ2n) is 8.48. The van der Waals surface area contributed by atoms with E-state index in [2.05, 4.69) is 25.1 Å². The minimum absolute atomic E-state index is 0.0502. The van der Waals surface area contributed by atoms with Gasteiger partial charge < -0.3 is 19.1 Å². The molecule has 0 unspecified atom stereocenters. The van der Waals surface area contributed by atoms with E-state index in [1.165, 1.54) is 0 Å². The minimum Gasteiger partial charge on any atom is -0.497 e. The summed E-state index contributed by atoms with van der Waals surface area (Å²) in [6, 6.07) is 16.3. The summed E-state index contributed by atoms with van der Waals surface area (Å²) in [5.41, 5.74) is 4.99. The number of carbonyl (C=O) groups is 1. The number of fused-ring (bicyclic) bond motifs is 1. The lowest BCUT2D eigenvalue weighted by molar-refractivity contribution is -0.141. The molecule has 1 aliphatic rings. The molecule has 1 fully saturated rings. The summed E-state index contributed by atoms with van der Waals surface area (Å²) in [7, 11) is 3.34. The van der Waals surface area contributed by atoms with E-state index >= 15 is 0 Å². The molecular weight excluding hydrogens is 416 g/mol. The molecule has 0 radical (unpaired) electrons. The number of rotatable bonds is 9. The molecule has 33 heavy (non-hydrogen) atoms. The fourth-order valence-electron chi connectivity index (χ4n) is 4.36. The number of hydrogen-bond acceptors (Lipinski definition) is 5. The van der Waals surface area contributed by atoms with E-state index in [1.54, 1.807) is 14.2 Å². The molecule has 1 atom stereocenters. The highest BCUT2D eigenvalue weighted by Crippen LogP contribution is 2.31. The number of nitrogens with zero attached hydrogens (tertiary/aromatic N) is 2. The third-order valence-corrected chi connectivity index (χ3v) is 6.16. The molecule has 1 saturated heterocycles. The number of benzene rings is 2. The number of hydrogen-bond donors (Lipinski definition) is 0. The fraction of sp³-hybridized carbons (Fsp3) is 0.407. The number of amides is 1. The van der Waals surface area contributed by atoms with Gasteiger partial charge in [0.15, 0.2) is 0 Å². The molecule has 3 aromatic rings.